The van der Waals surface area contributed by atoms with E-state index in [0.29, 0.717) is 16.5 Å². The van der Waals surface area contributed by atoms with E-state index < -0.39 is 0 Å². The second-order valence-electron chi connectivity index (χ2n) is 2.79. The molecule has 0 saturated heterocycles. The summed E-state index contributed by atoms with van der Waals surface area (Å²) in [6, 6.07) is 3.70. The molecule has 76 valence electrons. The molecule has 0 aliphatic heterocycles. The van der Waals surface area contributed by atoms with Gasteiger partial charge in [0.05, 0.1) is 16.6 Å². The molecule has 1 rings (SSSR count). The largest absolute Gasteiger partial charge is 0.386 e. The van der Waals surface area contributed by atoms with E-state index in [2.05, 4.69) is 20.9 Å². The van der Waals surface area contributed by atoms with E-state index in [1.54, 1.807) is 6.07 Å². The highest BCUT2D eigenvalue weighted by Crippen LogP contribution is 2.32. The van der Waals surface area contributed by atoms with E-state index >= 15 is 0 Å². The van der Waals surface area contributed by atoms with Gasteiger partial charge in [-0.15, -0.1) is 11.6 Å². The maximum absolute atomic E-state index is 6.00. The first kappa shape index (κ1) is 11.8. The van der Waals surface area contributed by atoms with Gasteiger partial charge in [0.25, 0.3) is 0 Å². The first-order chi connectivity index (χ1) is 6.54. The lowest BCUT2D eigenvalue weighted by Gasteiger charge is -2.04. The molecule has 0 aliphatic rings. The number of aryl methyl sites for hydroxylation is 1. The lowest BCUT2D eigenvalue weighted by Crippen LogP contribution is -2.12. The molecule has 0 bridgehead atoms. The minimum absolute atomic E-state index is 0.200. The van der Waals surface area contributed by atoms with Gasteiger partial charge < -0.3 is 5.73 Å². The molecule has 2 N–H and O–H groups in total. The van der Waals surface area contributed by atoms with E-state index in [9.17, 15) is 0 Å². The van der Waals surface area contributed by atoms with Gasteiger partial charge in [-0.05, 0) is 24.6 Å². The molecule has 0 heterocycles. The zero-order valence-electron chi connectivity index (χ0n) is 7.52. The summed E-state index contributed by atoms with van der Waals surface area (Å²) in [6.07, 6.45) is 0. The number of halogens is 3. The predicted octanol–water partition coefficient (Wildman–Crippen LogP) is 3.64. The molecular weight excluding hydrogens is 287 g/mol. The van der Waals surface area contributed by atoms with Crippen LogP contribution in [0.4, 0.5) is 5.69 Å². The van der Waals surface area contributed by atoms with Gasteiger partial charge in [0.15, 0.2) is 0 Å². The molecule has 1 aromatic carbocycles. The number of aliphatic imine (C=N–C) groups is 1. The van der Waals surface area contributed by atoms with E-state index in [4.69, 9.17) is 28.9 Å². The molecule has 0 atom stereocenters. The Morgan fingerprint density at radius 3 is 2.71 bits per heavy atom. The summed E-state index contributed by atoms with van der Waals surface area (Å²) in [5.41, 5.74) is 7.16. The van der Waals surface area contributed by atoms with Gasteiger partial charge in [-0.3, -0.25) is 0 Å². The first-order valence-electron chi connectivity index (χ1n) is 3.89. The van der Waals surface area contributed by atoms with Crippen LogP contribution in [-0.2, 0) is 0 Å². The Hall–Kier alpha value is -0.250. The van der Waals surface area contributed by atoms with Gasteiger partial charge in [0.1, 0.15) is 5.84 Å². The Balaban J connectivity index is 3.21. The van der Waals surface area contributed by atoms with Crippen LogP contribution in [0, 0.1) is 6.92 Å². The van der Waals surface area contributed by atoms with Crippen LogP contribution in [0.25, 0.3) is 0 Å². The van der Waals surface area contributed by atoms with Gasteiger partial charge in [-0.25, -0.2) is 4.99 Å². The molecule has 2 nitrogen and oxygen atoms in total. The Morgan fingerprint density at radius 1 is 1.57 bits per heavy atom. The second kappa shape index (κ2) is 5.01. The van der Waals surface area contributed by atoms with Gasteiger partial charge >= 0.3 is 0 Å². The highest BCUT2D eigenvalue weighted by Gasteiger charge is 2.05. The van der Waals surface area contributed by atoms with Crippen molar-refractivity contribution in [2.24, 2.45) is 10.7 Å². The zero-order chi connectivity index (χ0) is 10.7. The van der Waals surface area contributed by atoms with Crippen molar-refractivity contribution in [2.75, 3.05) is 5.88 Å². The lowest BCUT2D eigenvalue weighted by molar-refractivity contribution is 1.36. The number of hydrogen-bond acceptors (Lipinski definition) is 1. The summed E-state index contributed by atoms with van der Waals surface area (Å²) in [6.45, 7) is 1.91. The van der Waals surface area contributed by atoms with E-state index in [-0.39, 0.29) is 5.88 Å². The zero-order valence-corrected chi connectivity index (χ0v) is 10.6. The molecule has 0 amide bonds. The maximum Gasteiger partial charge on any atom is 0.115 e. The van der Waals surface area contributed by atoms with E-state index in [1.165, 1.54) is 0 Å². The fourth-order valence-corrected chi connectivity index (χ4v) is 2.08. The van der Waals surface area contributed by atoms with Crippen molar-refractivity contribution in [1.29, 1.82) is 0 Å². The van der Waals surface area contributed by atoms with Crippen LogP contribution in [0.15, 0.2) is 21.6 Å². The molecule has 14 heavy (non-hydrogen) atoms. The van der Waals surface area contributed by atoms with Crippen LogP contribution in [0.5, 0.6) is 0 Å². The molecular formula is C9H9BrCl2N2. The number of alkyl halides is 1. The molecule has 0 aliphatic carbocycles. The van der Waals surface area contributed by atoms with Crippen molar-refractivity contribution < 1.29 is 0 Å². The molecule has 1 aromatic rings. The molecule has 0 unspecified atom stereocenters. The fraction of sp³-hybridized carbons (Fsp3) is 0.222. The van der Waals surface area contributed by atoms with Crippen molar-refractivity contribution in [3.8, 4) is 0 Å². The molecule has 0 radical (unpaired) electrons. The van der Waals surface area contributed by atoms with Crippen LogP contribution in [0.2, 0.25) is 5.02 Å². The number of rotatable bonds is 2. The van der Waals surface area contributed by atoms with Crippen LogP contribution < -0.4 is 5.73 Å². The van der Waals surface area contributed by atoms with Gasteiger partial charge in [0.2, 0.25) is 0 Å². The number of hydrogen-bond donors (Lipinski definition) is 1. The maximum atomic E-state index is 6.00. The van der Waals surface area contributed by atoms with E-state index in [1.807, 2.05) is 13.0 Å². The van der Waals surface area contributed by atoms with Crippen LogP contribution >= 0.6 is 39.1 Å². The third kappa shape index (κ3) is 2.87. The molecule has 0 fully saturated rings. The average Bonchev–Trinajstić information content (AvgIpc) is 2.10. The minimum atomic E-state index is 0.200. The monoisotopic (exact) mass is 294 g/mol. The number of nitrogens with zero attached hydrogens (tertiary/aromatic N) is 1. The standard InChI is InChI=1S/C9H9BrCl2N2/c1-5-2-6(10)3-7(12)9(5)14-8(13)4-11/h2-3H,4H2,1H3,(H2,13,14). The fourth-order valence-electron chi connectivity index (χ4n) is 1.01. The first-order valence-corrected chi connectivity index (χ1v) is 5.59. The van der Waals surface area contributed by atoms with Gasteiger partial charge in [-0.1, -0.05) is 27.5 Å². The Bertz CT molecular complexity index is 354. The number of nitrogens with two attached hydrogens (primary N) is 1. The van der Waals surface area contributed by atoms with Crippen LogP contribution in [-0.4, -0.2) is 11.7 Å². The number of amidine groups is 1. The normalized spacial score (nSPS) is 11.9. The highest BCUT2D eigenvalue weighted by atomic mass is 79.9. The second-order valence-corrected chi connectivity index (χ2v) is 4.38. The van der Waals surface area contributed by atoms with Crippen molar-refractivity contribution in [3.05, 3.63) is 27.2 Å². The Labute approximate surface area is 101 Å². The topological polar surface area (TPSA) is 38.4 Å². The SMILES string of the molecule is Cc1cc(Br)cc(Cl)c1N=C(N)CCl. The predicted molar refractivity (Wildman–Crippen MR) is 65.9 cm³/mol. The third-order valence-electron chi connectivity index (χ3n) is 1.61. The lowest BCUT2D eigenvalue weighted by atomic mass is 10.2. The Kier molecular flexibility index (Phi) is 4.23. The quantitative estimate of drug-likeness (QED) is 0.505. The molecule has 5 heteroatoms. The summed E-state index contributed by atoms with van der Waals surface area (Å²) in [4.78, 5) is 4.13. The summed E-state index contributed by atoms with van der Waals surface area (Å²) < 4.78 is 0.920. The van der Waals surface area contributed by atoms with Crippen molar-refractivity contribution in [3.63, 3.8) is 0 Å². The van der Waals surface area contributed by atoms with E-state index in [0.717, 1.165) is 10.0 Å². The summed E-state index contributed by atoms with van der Waals surface area (Å²) in [5, 5.41) is 0.560. The highest BCUT2D eigenvalue weighted by molar-refractivity contribution is 9.10. The third-order valence-corrected chi connectivity index (χ3v) is 2.63. The summed E-state index contributed by atoms with van der Waals surface area (Å²) >= 11 is 14.9. The molecule has 0 saturated carbocycles. The summed E-state index contributed by atoms with van der Waals surface area (Å²) in [5.74, 6) is 0.560. The van der Waals surface area contributed by atoms with Crippen LogP contribution in [0.1, 0.15) is 5.56 Å². The minimum Gasteiger partial charge on any atom is -0.386 e. The molecule has 0 spiro atoms. The average molecular weight is 296 g/mol. The van der Waals surface area contributed by atoms with Gasteiger partial charge in [0, 0.05) is 4.47 Å². The number of benzene rings is 1. The smallest absolute Gasteiger partial charge is 0.115 e. The Morgan fingerprint density at radius 2 is 2.21 bits per heavy atom. The van der Waals surface area contributed by atoms with Crippen molar-refractivity contribution >= 4 is 50.7 Å². The van der Waals surface area contributed by atoms with Crippen molar-refractivity contribution in [1.82, 2.24) is 0 Å². The van der Waals surface area contributed by atoms with Crippen molar-refractivity contribution in [2.45, 2.75) is 6.92 Å². The van der Waals surface area contributed by atoms with Gasteiger partial charge in [-0.2, -0.15) is 0 Å². The molecule has 0 aromatic heterocycles. The summed E-state index contributed by atoms with van der Waals surface area (Å²) in [7, 11) is 0. The van der Waals surface area contributed by atoms with Crippen LogP contribution in [0.3, 0.4) is 0 Å².